The van der Waals surface area contributed by atoms with Gasteiger partial charge in [0, 0.05) is 25.8 Å². The molecule has 2 atom stereocenters. The number of rotatable bonds is 7. The summed E-state index contributed by atoms with van der Waals surface area (Å²) in [7, 11) is 1.99. The number of halogens is 1. The first-order valence-electron chi connectivity index (χ1n) is 8.59. The molecule has 0 saturated carbocycles. The Morgan fingerprint density at radius 3 is 3.04 bits per heavy atom. The maximum absolute atomic E-state index is 13.1. The second-order valence-corrected chi connectivity index (χ2v) is 6.32. The van der Waals surface area contributed by atoms with Gasteiger partial charge in [0.05, 0.1) is 17.8 Å². The highest BCUT2D eigenvalue weighted by molar-refractivity contribution is 5.92. The second kappa shape index (κ2) is 8.29. The molecule has 2 heterocycles. The fourth-order valence-electron chi connectivity index (χ4n) is 3.00. The molecule has 1 amide bonds. The molecule has 26 heavy (non-hydrogen) atoms. The van der Waals surface area contributed by atoms with Crippen LogP contribution in [0.2, 0.25) is 0 Å². The Bertz CT molecular complexity index is 752. The lowest BCUT2D eigenvalue weighted by Crippen LogP contribution is -2.44. The van der Waals surface area contributed by atoms with Gasteiger partial charge in [-0.15, -0.1) is 0 Å². The van der Waals surface area contributed by atoms with Crippen LogP contribution >= 0.6 is 0 Å². The minimum atomic E-state index is -0.363. The summed E-state index contributed by atoms with van der Waals surface area (Å²) in [6.45, 7) is 4.23. The van der Waals surface area contributed by atoms with E-state index in [4.69, 9.17) is 9.47 Å². The Morgan fingerprint density at radius 1 is 1.42 bits per heavy atom. The highest BCUT2D eigenvalue weighted by Crippen LogP contribution is 2.15. The number of benzene rings is 1. The van der Waals surface area contributed by atoms with Crippen LogP contribution in [0.5, 0.6) is 5.75 Å². The number of aromatic nitrogens is 2. The molecule has 0 bridgehead atoms. The highest BCUT2D eigenvalue weighted by atomic mass is 19.1. The van der Waals surface area contributed by atoms with E-state index < -0.39 is 0 Å². The molecule has 1 aliphatic heterocycles. The zero-order valence-corrected chi connectivity index (χ0v) is 14.9. The predicted molar refractivity (Wildman–Crippen MR) is 93.5 cm³/mol. The van der Waals surface area contributed by atoms with Crippen LogP contribution in [0.3, 0.4) is 0 Å². The van der Waals surface area contributed by atoms with Crippen molar-refractivity contribution >= 4 is 5.91 Å². The molecular formula is C18H23FN4O3. The monoisotopic (exact) mass is 362 g/mol. The largest absolute Gasteiger partial charge is 0.487 e. The van der Waals surface area contributed by atoms with Gasteiger partial charge in [0.15, 0.2) is 0 Å². The van der Waals surface area contributed by atoms with Gasteiger partial charge in [-0.25, -0.2) is 4.39 Å². The van der Waals surface area contributed by atoms with Crippen molar-refractivity contribution in [2.45, 2.75) is 25.7 Å². The van der Waals surface area contributed by atoms with E-state index in [0.29, 0.717) is 18.1 Å². The minimum Gasteiger partial charge on any atom is -0.487 e. The summed E-state index contributed by atoms with van der Waals surface area (Å²) >= 11 is 0. The van der Waals surface area contributed by atoms with Crippen molar-refractivity contribution in [2.75, 3.05) is 26.7 Å². The van der Waals surface area contributed by atoms with E-state index >= 15 is 0 Å². The number of hydrogen-bond acceptors (Lipinski definition) is 5. The number of carbonyl (C=O) groups excluding carboxylic acids is 1. The van der Waals surface area contributed by atoms with E-state index in [1.54, 1.807) is 18.2 Å². The van der Waals surface area contributed by atoms with Gasteiger partial charge < -0.3 is 19.7 Å². The Hall–Kier alpha value is -2.45. The number of amides is 1. The molecule has 2 N–H and O–H groups in total. The minimum absolute atomic E-state index is 0.0244. The van der Waals surface area contributed by atoms with Crippen molar-refractivity contribution in [3.8, 4) is 5.75 Å². The molecule has 1 saturated heterocycles. The molecule has 8 heteroatoms. The molecule has 140 valence electrons. The van der Waals surface area contributed by atoms with E-state index in [0.717, 1.165) is 13.1 Å². The van der Waals surface area contributed by atoms with Crippen molar-refractivity contribution in [3.63, 3.8) is 0 Å². The summed E-state index contributed by atoms with van der Waals surface area (Å²) in [6.07, 6.45) is -0.0244. The van der Waals surface area contributed by atoms with Crippen LogP contribution in [0.1, 0.15) is 23.1 Å². The fourth-order valence-corrected chi connectivity index (χ4v) is 3.00. The summed E-state index contributed by atoms with van der Waals surface area (Å²) in [5, 5.41) is 9.78. The van der Waals surface area contributed by atoms with E-state index in [1.165, 1.54) is 12.1 Å². The first kappa shape index (κ1) is 18.3. The number of ether oxygens (including phenoxy) is 2. The topological polar surface area (TPSA) is 79.5 Å². The SMILES string of the molecule is CCO[C@H]1CN(C)C[C@@H]1NC(=O)c1cc(COc2cccc(F)c2)[nH]n1. The number of likely N-dealkylation sites (N-methyl/N-ethyl adjacent to an activating group) is 1. The van der Waals surface area contributed by atoms with Gasteiger partial charge in [0.2, 0.25) is 0 Å². The van der Waals surface area contributed by atoms with E-state index in [9.17, 15) is 9.18 Å². The molecule has 0 unspecified atom stereocenters. The number of hydrogen-bond donors (Lipinski definition) is 2. The van der Waals surface area contributed by atoms with Crippen molar-refractivity contribution in [1.29, 1.82) is 0 Å². The van der Waals surface area contributed by atoms with Gasteiger partial charge in [-0.05, 0) is 32.2 Å². The summed E-state index contributed by atoms with van der Waals surface area (Å²) in [5.41, 5.74) is 0.914. The van der Waals surface area contributed by atoms with Gasteiger partial charge >= 0.3 is 0 Å². The molecule has 0 spiro atoms. The van der Waals surface area contributed by atoms with Gasteiger partial charge in [-0.2, -0.15) is 5.10 Å². The third-order valence-corrected chi connectivity index (χ3v) is 4.20. The maximum Gasteiger partial charge on any atom is 0.272 e. The Balaban J connectivity index is 1.56. The number of nitrogens with zero attached hydrogens (tertiary/aromatic N) is 2. The van der Waals surface area contributed by atoms with Gasteiger partial charge in [-0.3, -0.25) is 9.89 Å². The normalized spacial score (nSPS) is 20.3. The van der Waals surface area contributed by atoms with Crippen molar-refractivity contribution in [1.82, 2.24) is 20.4 Å². The van der Waals surface area contributed by atoms with Crippen LogP contribution in [0.4, 0.5) is 4.39 Å². The Morgan fingerprint density at radius 2 is 2.27 bits per heavy atom. The molecule has 1 fully saturated rings. The number of aromatic amines is 1. The summed E-state index contributed by atoms with van der Waals surface area (Å²) in [4.78, 5) is 14.6. The standard InChI is InChI=1S/C18H23FN4O3/c1-3-25-17-10-23(2)9-16(17)20-18(24)15-8-13(21-22-15)11-26-14-6-4-5-12(19)7-14/h4-8,16-17H,3,9-11H2,1-2H3,(H,20,24)(H,21,22)/t16-,17-/m0/s1. The molecular weight excluding hydrogens is 339 g/mol. The fraction of sp³-hybridized carbons (Fsp3) is 0.444. The number of nitrogens with one attached hydrogen (secondary N) is 2. The molecule has 3 rings (SSSR count). The third-order valence-electron chi connectivity index (χ3n) is 4.20. The highest BCUT2D eigenvalue weighted by Gasteiger charge is 2.33. The average molecular weight is 362 g/mol. The van der Waals surface area contributed by atoms with E-state index in [2.05, 4.69) is 20.4 Å². The second-order valence-electron chi connectivity index (χ2n) is 6.32. The molecule has 0 aliphatic carbocycles. The average Bonchev–Trinajstić information content (AvgIpc) is 3.20. The van der Waals surface area contributed by atoms with Gasteiger partial charge in [0.25, 0.3) is 5.91 Å². The van der Waals surface area contributed by atoms with Crippen molar-refractivity contribution in [2.24, 2.45) is 0 Å². The van der Waals surface area contributed by atoms with Crippen LogP contribution < -0.4 is 10.1 Å². The summed E-state index contributed by atoms with van der Waals surface area (Å²) < 4.78 is 24.3. The number of H-pyrrole nitrogens is 1. The van der Waals surface area contributed by atoms with Crippen LogP contribution in [0.25, 0.3) is 0 Å². The Kier molecular flexibility index (Phi) is 5.85. The van der Waals surface area contributed by atoms with Crippen molar-refractivity contribution < 1.29 is 18.7 Å². The maximum atomic E-state index is 13.1. The van der Waals surface area contributed by atoms with Gasteiger partial charge in [0.1, 0.15) is 23.9 Å². The van der Waals surface area contributed by atoms with Crippen LogP contribution in [-0.4, -0.2) is 59.9 Å². The molecule has 1 aromatic heterocycles. The lowest BCUT2D eigenvalue weighted by Gasteiger charge is -2.19. The summed E-state index contributed by atoms with van der Waals surface area (Å²) in [5.74, 6) is -0.208. The quantitative estimate of drug-likeness (QED) is 0.782. The van der Waals surface area contributed by atoms with Crippen LogP contribution in [0.15, 0.2) is 30.3 Å². The molecule has 0 radical (unpaired) electrons. The zero-order valence-electron chi connectivity index (χ0n) is 14.9. The first-order chi connectivity index (χ1) is 12.5. The smallest absolute Gasteiger partial charge is 0.272 e. The zero-order chi connectivity index (χ0) is 18.5. The third kappa shape index (κ3) is 4.59. The lowest BCUT2D eigenvalue weighted by molar-refractivity contribution is 0.0512. The number of likely N-dealkylation sites (tertiary alicyclic amines) is 1. The first-order valence-corrected chi connectivity index (χ1v) is 8.59. The number of carbonyl (C=O) groups is 1. The van der Waals surface area contributed by atoms with Crippen LogP contribution in [-0.2, 0) is 11.3 Å². The molecule has 2 aromatic rings. The van der Waals surface area contributed by atoms with Crippen molar-refractivity contribution in [3.05, 3.63) is 47.5 Å². The molecule has 1 aromatic carbocycles. The Labute approximate surface area is 151 Å². The van der Waals surface area contributed by atoms with E-state index in [-0.39, 0.29) is 36.2 Å². The molecule has 1 aliphatic rings. The lowest BCUT2D eigenvalue weighted by atomic mass is 10.2. The molecule has 7 nitrogen and oxygen atoms in total. The summed E-state index contributed by atoms with van der Waals surface area (Å²) in [6, 6.07) is 7.44. The van der Waals surface area contributed by atoms with Crippen LogP contribution in [0, 0.1) is 5.82 Å². The predicted octanol–water partition coefficient (Wildman–Crippen LogP) is 1.58. The van der Waals surface area contributed by atoms with E-state index in [1.807, 2.05) is 14.0 Å². The van der Waals surface area contributed by atoms with Gasteiger partial charge in [-0.1, -0.05) is 6.07 Å².